The molecule has 1 aromatic carbocycles. The topological polar surface area (TPSA) is 20.3 Å². The van der Waals surface area contributed by atoms with Crippen LogP contribution in [-0.4, -0.2) is 25.3 Å². The van der Waals surface area contributed by atoms with Crippen LogP contribution in [0.25, 0.3) is 0 Å². The molecule has 0 bridgehead atoms. The van der Waals surface area contributed by atoms with Gasteiger partial charge in [-0.1, -0.05) is 22.0 Å². The lowest BCUT2D eigenvalue weighted by Crippen LogP contribution is -2.12. The first kappa shape index (κ1) is 10.4. The van der Waals surface area contributed by atoms with E-state index >= 15 is 0 Å². The molecule has 0 aliphatic heterocycles. The number of hydrogen-bond donors (Lipinski definition) is 0. The van der Waals surface area contributed by atoms with Crippen LogP contribution in [0.15, 0.2) is 22.7 Å². The maximum absolute atomic E-state index is 10.7. The van der Waals surface area contributed by atoms with Crippen LogP contribution < -0.4 is 0 Å². The summed E-state index contributed by atoms with van der Waals surface area (Å²) >= 11 is 3.38. The van der Waals surface area contributed by atoms with Crippen LogP contribution in [0, 0.1) is 0 Å². The van der Waals surface area contributed by atoms with Gasteiger partial charge in [0, 0.05) is 16.6 Å². The van der Waals surface area contributed by atoms with Crippen molar-refractivity contribution >= 4 is 22.2 Å². The molecule has 3 heteroatoms. The molecule has 0 N–H and O–H groups in total. The first-order chi connectivity index (χ1) is 6.13. The van der Waals surface area contributed by atoms with Gasteiger partial charge in [-0.3, -0.25) is 4.79 Å². The first-order valence-electron chi connectivity index (χ1n) is 4.02. The maximum atomic E-state index is 10.7. The number of hydrogen-bond acceptors (Lipinski definition) is 2. The molecule has 0 atom stereocenters. The molecule has 13 heavy (non-hydrogen) atoms. The highest BCUT2D eigenvalue weighted by atomic mass is 79.9. The van der Waals surface area contributed by atoms with E-state index in [4.69, 9.17) is 0 Å². The Morgan fingerprint density at radius 3 is 2.69 bits per heavy atom. The van der Waals surface area contributed by atoms with Crippen LogP contribution in [0.5, 0.6) is 0 Å². The molecular formula is C10H12BrNO. The predicted octanol–water partition coefficient (Wildman–Crippen LogP) is 2.32. The van der Waals surface area contributed by atoms with Crippen molar-refractivity contribution in [2.45, 2.75) is 6.54 Å². The monoisotopic (exact) mass is 241 g/mol. The van der Waals surface area contributed by atoms with E-state index in [2.05, 4.69) is 15.9 Å². The fourth-order valence-electron chi connectivity index (χ4n) is 1.17. The minimum atomic E-state index is 0.761. The largest absolute Gasteiger partial charge is 0.305 e. The van der Waals surface area contributed by atoms with E-state index in [0.29, 0.717) is 0 Å². The summed E-state index contributed by atoms with van der Waals surface area (Å²) in [4.78, 5) is 12.7. The molecular weight excluding hydrogens is 230 g/mol. The Morgan fingerprint density at radius 1 is 1.46 bits per heavy atom. The van der Waals surface area contributed by atoms with Gasteiger partial charge in [0.15, 0.2) is 0 Å². The zero-order valence-corrected chi connectivity index (χ0v) is 9.34. The lowest BCUT2D eigenvalue weighted by atomic mass is 10.1. The SMILES string of the molecule is CN(C)Cc1cc(Br)ccc1C=O. The summed E-state index contributed by atoms with van der Waals surface area (Å²) in [6.45, 7) is 0.785. The highest BCUT2D eigenvalue weighted by Gasteiger charge is 2.02. The van der Waals surface area contributed by atoms with Crippen molar-refractivity contribution in [1.29, 1.82) is 0 Å². The third-order valence-electron chi connectivity index (χ3n) is 1.72. The second kappa shape index (κ2) is 4.53. The van der Waals surface area contributed by atoms with Gasteiger partial charge in [-0.05, 0) is 31.8 Å². The highest BCUT2D eigenvalue weighted by Crippen LogP contribution is 2.16. The molecule has 0 radical (unpaired) electrons. The van der Waals surface area contributed by atoms with E-state index in [9.17, 15) is 4.79 Å². The summed E-state index contributed by atoms with van der Waals surface area (Å²) in [6, 6.07) is 5.68. The van der Waals surface area contributed by atoms with Gasteiger partial charge in [-0.25, -0.2) is 0 Å². The number of rotatable bonds is 3. The summed E-state index contributed by atoms with van der Waals surface area (Å²) < 4.78 is 1.01. The maximum Gasteiger partial charge on any atom is 0.150 e. The smallest absolute Gasteiger partial charge is 0.150 e. The Bertz CT molecular complexity index is 310. The molecule has 1 rings (SSSR count). The Morgan fingerprint density at radius 2 is 2.15 bits per heavy atom. The molecule has 0 saturated carbocycles. The van der Waals surface area contributed by atoms with E-state index in [-0.39, 0.29) is 0 Å². The Hall–Kier alpha value is -0.670. The minimum Gasteiger partial charge on any atom is -0.305 e. The third-order valence-corrected chi connectivity index (χ3v) is 2.21. The predicted molar refractivity (Wildman–Crippen MR) is 56.9 cm³/mol. The van der Waals surface area contributed by atoms with Gasteiger partial charge in [0.2, 0.25) is 0 Å². The van der Waals surface area contributed by atoms with Crippen LogP contribution in [-0.2, 0) is 6.54 Å². The second-order valence-corrected chi connectivity index (χ2v) is 4.11. The van der Waals surface area contributed by atoms with E-state index < -0.39 is 0 Å². The van der Waals surface area contributed by atoms with Crippen LogP contribution in [0.4, 0.5) is 0 Å². The molecule has 0 aliphatic rings. The van der Waals surface area contributed by atoms with Crippen molar-refractivity contribution in [2.75, 3.05) is 14.1 Å². The fourth-order valence-corrected chi connectivity index (χ4v) is 1.58. The van der Waals surface area contributed by atoms with Crippen molar-refractivity contribution in [3.63, 3.8) is 0 Å². The van der Waals surface area contributed by atoms with Crippen molar-refractivity contribution in [2.24, 2.45) is 0 Å². The van der Waals surface area contributed by atoms with Gasteiger partial charge < -0.3 is 4.90 Å². The number of aldehydes is 1. The van der Waals surface area contributed by atoms with Crippen LogP contribution in [0.3, 0.4) is 0 Å². The number of nitrogens with zero attached hydrogens (tertiary/aromatic N) is 1. The molecule has 0 fully saturated rings. The lowest BCUT2D eigenvalue weighted by molar-refractivity contribution is 0.112. The van der Waals surface area contributed by atoms with Gasteiger partial charge in [-0.15, -0.1) is 0 Å². The average Bonchev–Trinajstić information content (AvgIpc) is 2.03. The van der Waals surface area contributed by atoms with E-state index in [1.807, 2.05) is 37.2 Å². The Balaban J connectivity index is 3.01. The summed E-state index contributed by atoms with van der Waals surface area (Å²) in [5.74, 6) is 0. The van der Waals surface area contributed by atoms with E-state index in [0.717, 1.165) is 28.4 Å². The summed E-state index contributed by atoms with van der Waals surface area (Å²) in [7, 11) is 3.96. The zero-order chi connectivity index (χ0) is 9.84. The van der Waals surface area contributed by atoms with Crippen LogP contribution in [0.1, 0.15) is 15.9 Å². The number of benzene rings is 1. The third kappa shape index (κ3) is 2.94. The highest BCUT2D eigenvalue weighted by molar-refractivity contribution is 9.10. The molecule has 0 heterocycles. The van der Waals surface area contributed by atoms with E-state index in [1.165, 1.54) is 0 Å². The number of carbonyl (C=O) groups excluding carboxylic acids is 1. The van der Waals surface area contributed by atoms with Crippen molar-refractivity contribution in [3.05, 3.63) is 33.8 Å². The standard InChI is InChI=1S/C10H12BrNO/c1-12(2)6-9-5-10(11)4-3-8(9)7-13/h3-5,7H,6H2,1-2H3. The lowest BCUT2D eigenvalue weighted by Gasteiger charge is -2.11. The normalized spacial score (nSPS) is 10.5. The summed E-state index contributed by atoms with van der Waals surface area (Å²) in [5, 5.41) is 0. The zero-order valence-electron chi connectivity index (χ0n) is 7.75. The average molecular weight is 242 g/mol. The van der Waals surface area contributed by atoms with Crippen molar-refractivity contribution < 1.29 is 4.79 Å². The molecule has 0 aromatic heterocycles. The molecule has 0 saturated heterocycles. The molecule has 70 valence electrons. The second-order valence-electron chi connectivity index (χ2n) is 3.20. The van der Waals surface area contributed by atoms with Crippen molar-refractivity contribution in [1.82, 2.24) is 4.90 Å². The fraction of sp³-hybridized carbons (Fsp3) is 0.300. The Labute approximate surface area is 86.7 Å². The van der Waals surface area contributed by atoms with Gasteiger partial charge in [0.25, 0.3) is 0 Å². The van der Waals surface area contributed by atoms with Gasteiger partial charge >= 0.3 is 0 Å². The number of carbonyl (C=O) groups is 1. The van der Waals surface area contributed by atoms with Gasteiger partial charge in [0.1, 0.15) is 6.29 Å². The minimum absolute atomic E-state index is 0.761. The van der Waals surface area contributed by atoms with Gasteiger partial charge in [-0.2, -0.15) is 0 Å². The van der Waals surface area contributed by atoms with E-state index in [1.54, 1.807) is 0 Å². The molecule has 0 unspecified atom stereocenters. The summed E-state index contributed by atoms with van der Waals surface area (Å²) in [6.07, 6.45) is 0.894. The summed E-state index contributed by atoms with van der Waals surface area (Å²) in [5.41, 5.74) is 1.81. The molecule has 0 amide bonds. The van der Waals surface area contributed by atoms with Gasteiger partial charge in [0.05, 0.1) is 0 Å². The molecule has 0 aliphatic carbocycles. The molecule has 2 nitrogen and oxygen atoms in total. The quantitative estimate of drug-likeness (QED) is 0.758. The number of halogens is 1. The first-order valence-corrected chi connectivity index (χ1v) is 4.81. The van der Waals surface area contributed by atoms with Crippen LogP contribution >= 0.6 is 15.9 Å². The molecule has 0 spiro atoms. The van der Waals surface area contributed by atoms with Crippen molar-refractivity contribution in [3.8, 4) is 0 Å². The van der Waals surface area contributed by atoms with Crippen LogP contribution in [0.2, 0.25) is 0 Å². The molecule has 1 aromatic rings. The Kier molecular flexibility index (Phi) is 3.63.